The maximum Gasteiger partial charge on any atom is 0.290 e. The number of carbonyl (C=O) groups is 2. The van der Waals surface area contributed by atoms with Gasteiger partial charge in [0.15, 0.2) is 5.03 Å². The summed E-state index contributed by atoms with van der Waals surface area (Å²) in [6, 6.07) is 14.8. The Balaban J connectivity index is 1.85. The number of thioether (sulfide) groups is 1. The van der Waals surface area contributed by atoms with E-state index in [4.69, 9.17) is 11.6 Å². The minimum Gasteiger partial charge on any atom is -0.282 e. The molecule has 3 aromatic rings. The zero-order valence-corrected chi connectivity index (χ0v) is 16.9. The van der Waals surface area contributed by atoms with E-state index in [0.29, 0.717) is 33.4 Å². The van der Waals surface area contributed by atoms with Crippen molar-refractivity contribution in [1.29, 1.82) is 0 Å². The van der Waals surface area contributed by atoms with Crippen LogP contribution in [0.5, 0.6) is 0 Å². The lowest BCUT2D eigenvalue weighted by atomic mass is 10.1. The van der Waals surface area contributed by atoms with Gasteiger partial charge in [-0.3, -0.25) is 19.6 Å². The molecule has 1 aliphatic rings. The third-order valence-corrected chi connectivity index (χ3v) is 6.40. The van der Waals surface area contributed by atoms with E-state index >= 15 is 0 Å². The zero-order chi connectivity index (χ0) is 20.6. The lowest BCUT2D eigenvalue weighted by Crippen LogP contribution is -2.18. The fourth-order valence-corrected chi connectivity index (χ4v) is 4.71. The van der Waals surface area contributed by atoms with E-state index < -0.39 is 21.2 Å². The summed E-state index contributed by atoms with van der Waals surface area (Å²) in [5.41, 5.74) is 0.981. The van der Waals surface area contributed by atoms with Crippen molar-refractivity contribution in [2.45, 2.75) is 5.03 Å². The number of amides is 2. The Morgan fingerprint density at radius 2 is 1.79 bits per heavy atom. The van der Waals surface area contributed by atoms with Crippen molar-refractivity contribution in [2.75, 3.05) is 4.72 Å². The molecule has 29 heavy (non-hydrogen) atoms. The summed E-state index contributed by atoms with van der Waals surface area (Å²) in [7, 11) is -4.10. The number of nitrogens with one attached hydrogen (secondary N) is 2. The van der Waals surface area contributed by atoms with Crippen LogP contribution in [-0.2, 0) is 14.8 Å². The molecule has 0 bridgehead atoms. The van der Waals surface area contributed by atoms with E-state index in [2.05, 4.69) is 15.0 Å². The van der Waals surface area contributed by atoms with Crippen LogP contribution in [0.25, 0.3) is 17.0 Å². The van der Waals surface area contributed by atoms with Gasteiger partial charge < -0.3 is 0 Å². The predicted molar refractivity (Wildman–Crippen MR) is 113 cm³/mol. The van der Waals surface area contributed by atoms with Gasteiger partial charge in [0.2, 0.25) is 0 Å². The largest absolute Gasteiger partial charge is 0.290 e. The third kappa shape index (κ3) is 4.12. The predicted octanol–water partition coefficient (Wildman–Crippen LogP) is 4.01. The molecule has 1 saturated heterocycles. The molecule has 0 aliphatic carbocycles. The first kappa shape index (κ1) is 19.4. The first-order valence-electron chi connectivity index (χ1n) is 8.25. The Hall–Kier alpha value is -2.88. The van der Waals surface area contributed by atoms with Crippen LogP contribution in [0.1, 0.15) is 5.56 Å². The number of benzene rings is 2. The highest BCUT2D eigenvalue weighted by Crippen LogP contribution is 2.30. The summed E-state index contributed by atoms with van der Waals surface area (Å²) in [5, 5.41) is 2.54. The average Bonchev–Trinajstić information content (AvgIpc) is 2.99. The summed E-state index contributed by atoms with van der Waals surface area (Å²) in [6.45, 7) is 0. The lowest BCUT2D eigenvalue weighted by Gasteiger charge is -2.11. The monoisotopic (exact) mass is 445 g/mol. The molecule has 2 N–H and O–H groups in total. The standard InChI is InChI=1S/C19H12ClN3O4S2/c20-13-5-7-14(8-6-13)23-29(26,27)18-12(10-16-17(24)22-19(25)28-16)9-11-3-1-2-4-15(11)21-18/h1-10,23H,(H,22,24,25). The first-order valence-corrected chi connectivity index (χ1v) is 10.9. The maximum absolute atomic E-state index is 13.1. The summed E-state index contributed by atoms with van der Waals surface area (Å²) >= 11 is 6.55. The summed E-state index contributed by atoms with van der Waals surface area (Å²) in [4.78, 5) is 27.8. The highest BCUT2D eigenvalue weighted by molar-refractivity contribution is 8.18. The number of halogens is 1. The number of nitrogens with zero attached hydrogens (tertiary/aromatic N) is 1. The number of rotatable bonds is 4. The van der Waals surface area contributed by atoms with E-state index in [1.54, 1.807) is 42.5 Å². The fourth-order valence-electron chi connectivity index (χ4n) is 2.72. The first-order chi connectivity index (χ1) is 13.8. The zero-order valence-electron chi connectivity index (χ0n) is 14.5. The molecule has 4 rings (SSSR count). The minimum absolute atomic E-state index is 0.0926. The van der Waals surface area contributed by atoms with E-state index in [-0.39, 0.29) is 15.5 Å². The number of aromatic nitrogens is 1. The van der Waals surface area contributed by atoms with Crippen LogP contribution in [0.4, 0.5) is 10.5 Å². The van der Waals surface area contributed by atoms with Gasteiger partial charge in [0.05, 0.1) is 10.4 Å². The van der Waals surface area contributed by atoms with Gasteiger partial charge in [-0.15, -0.1) is 0 Å². The van der Waals surface area contributed by atoms with Crippen molar-refractivity contribution in [1.82, 2.24) is 10.3 Å². The topological polar surface area (TPSA) is 105 Å². The molecule has 2 aromatic carbocycles. The Morgan fingerprint density at radius 3 is 2.48 bits per heavy atom. The number of pyridine rings is 1. The van der Waals surface area contributed by atoms with Gasteiger partial charge in [0.1, 0.15) is 0 Å². The van der Waals surface area contributed by atoms with Gasteiger partial charge in [0.25, 0.3) is 21.2 Å². The molecule has 2 heterocycles. The van der Waals surface area contributed by atoms with Crippen LogP contribution in [-0.4, -0.2) is 24.5 Å². The molecule has 0 atom stereocenters. The van der Waals surface area contributed by atoms with Gasteiger partial charge in [-0.05, 0) is 54.2 Å². The smallest absolute Gasteiger partial charge is 0.282 e. The van der Waals surface area contributed by atoms with Crippen molar-refractivity contribution in [3.05, 3.63) is 70.1 Å². The Kier molecular flexibility index (Phi) is 5.03. The molecule has 0 spiro atoms. The number of hydrogen-bond acceptors (Lipinski definition) is 6. The van der Waals surface area contributed by atoms with Crippen molar-refractivity contribution in [3.8, 4) is 0 Å². The molecule has 146 valence electrons. The Labute approximate surface area is 175 Å². The maximum atomic E-state index is 13.1. The Bertz CT molecular complexity index is 1290. The summed E-state index contributed by atoms with van der Waals surface area (Å²) in [6.07, 6.45) is 1.35. The van der Waals surface area contributed by atoms with Crippen LogP contribution in [0.15, 0.2) is 64.5 Å². The number of para-hydroxylation sites is 1. The van der Waals surface area contributed by atoms with E-state index in [1.165, 1.54) is 18.2 Å². The number of sulfonamides is 1. The van der Waals surface area contributed by atoms with E-state index in [0.717, 1.165) is 0 Å². The van der Waals surface area contributed by atoms with Crippen LogP contribution in [0.3, 0.4) is 0 Å². The van der Waals surface area contributed by atoms with Gasteiger partial charge in [-0.25, -0.2) is 4.98 Å². The Morgan fingerprint density at radius 1 is 1.07 bits per heavy atom. The molecule has 7 nitrogen and oxygen atoms in total. The summed E-state index contributed by atoms with van der Waals surface area (Å²) in [5.74, 6) is -0.581. The minimum atomic E-state index is -4.10. The molecule has 0 unspecified atom stereocenters. The van der Waals surface area contributed by atoms with Crippen molar-refractivity contribution in [2.24, 2.45) is 0 Å². The average molecular weight is 446 g/mol. The van der Waals surface area contributed by atoms with E-state index in [9.17, 15) is 18.0 Å². The molecular formula is C19H12ClN3O4S2. The number of fused-ring (bicyclic) bond motifs is 1. The van der Waals surface area contributed by atoms with Crippen molar-refractivity contribution < 1.29 is 18.0 Å². The number of hydrogen-bond donors (Lipinski definition) is 2. The second-order valence-electron chi connectivity index (χ2n) is 6.04. The second kappa shape index (κ2) is 7.51. The van der Waals surface area contributed by atoms with Crippen LogP contribution in [0.2, 0.25) is 5.02 Å². The van der Waals surface area contributed by atoms with Crippen LogP contribution in [0, 0.1) is 0 Å². The molecule has 2 amide bonds. The van der Waals surface area contributed by atoms with Crippen LogP contribution >= 0.6 is 23.4 Å². The fraction of sp³-hybridized carbons (Fsp3) is 0. The highest BCUT2D eigenvalue weighted by atomic mass is 35.5. The molecule has 1 aromatic heterocycles. The highest BCUT2D eigenvalue weighted by Gasteiger charge is 2.27. The normalized spacial score (nSPS) is 15.7. The molecule has 1 aliphatic heterocycles. The summed E-state index contributed by atoms with van der Waals surface area (Å²) < 4.78 is 28.6. The quantitative estimate of drug-likeness (QED) is 0.588. The van der Waals surface area contributed by atoms with Gasteiger partial charge >= 0.3 is 0 Å². The molecular weight excluding hydrogens is 434 g/mol. The van der Waals surface area contributed by atoms with Gasteiger partial charge in [0, 0.05) is 21.7 Å². The van der Waals surface area contributed by atoms with Crippen LogP contribution < -0.4 is 10.0 Å². The second-order valence-corrected chi connectivity index (χ2v) is 9.09. The third-order valence-electron chi connectivity index (χ3n) is 4.00. The van der Waals surface area contributed by atoms with Crippen molar-refractivity contribution >= 4 is 67.2 Å². The number of imide groups is 1. The van der Waals surface area contributed by atoms with E-state index in [1.807, 2.05) is 0 Å². The number of anilines is 1. The molecule has 1 fully saturated rings. The molecule has 10 heteroatoms. The SMILES string of the molecule is O=C1NC(=O)C(=Cc2cc3ccccc3nc2S(=O)(=O)Nc2ccc(Cl)cc2)S1. The van der Waals surface area contributed by atoms with Gasteiger partial charge in [-0.2, -0.15) is 8.42 Å². The lowest BCUT2D eigenvalue weighted by molar-refractivity contribution is -0.115. The van der Waals surface area contributed by atoms with Crippen molar-refractivity contribution in [3.63, 3.8) is 0 Å². The molecule has 0 radical (unpaired) electrons. The number of carbonyl (C=O) groups excluding carboxylic acids is 2. The van der Waals surface area contributed by atoms with Gasteiger partial charge in [-0.1, -0.05) is 29.8 Å². The molecule has 0 saturated carbocycles.